The first-order chi connectivity index (χ1) is 13.4. The minimum absolute atomic E-state index is 0.0358. The number of hydrogen-bond donors (Lipinski definition) is 1. The first-order valence-electron chi connectivity index (χ1n) is 8.29. The van der Waals surface area contributed by atoms with E-state index in [1.807, 2.05) is 0 Å². The lowest BCUT2D eigenvalue weighted by Gasteiger charge is -2.12. The third kappa shape index (κ3) is 4.63. The number of carbonyl (C=O) groups excluding carboxylic acids is 2. The lowest BCUT2D eigenvalue weighted by molar-refractivity contribution is -0.127. The van der Waals surface area contributed by atoms with E-state index in [4.69, 9.17) is 16.3 Å². The molecule has 28 heavy (non-hydrogen) atoms. The van der Waals surface area contributed by atoms with E-state index in [1.54, 1.807) is 25.2 Å². The van der Waals surface area contributed by atoms with Crippen LogP contribution in [0.3, 0.4) is 0 Å². The van der Waals surface area contributed by atoms with Gasteiger partial charge in [-0.1, -0.05) is 23.4 Å². The summed E-state index contributed by atoms with van der Waals surface area (Å²) in [5, 5.41) is 3.03. The maximum absolute atomic E-state index is 13.0. The second kappa shape index (κ2) is 8.62. The van der Waals surface area contributed by atoms with Crippen molar-refractivity contribution in [1.82, 2.24) is 4.90 Å². The van der Waals surface area contributed by atoms with Crippen LogP contribution >= 0.6 is 23.4 Å². The van der Waals surface area contributed by atoms with Gasteiger partial charge in [0.15, 0.2) is 5.17 Å². The molecule has 1 N–H and O–H groups in total. The van der Waals surface area contributed by atoms with Crippen molar-refractivity contribution in [2.24, 2.45) is 4.99 Å². The van der Waals surface area contributed by atoms with E-state index in [2.05, 4.69) is 10.3 Å². The van der Waals surface area contributed by atoms with Gasteiger partial charge in [0.25, 0.3) is 0 Å². The molecule has 2 amide bonds. The van der Waals surface area contributed by atoms with Gasteiger partial charge in [-0.2, -0.15) is 0 Å². The highest BCUT2D eigenvalue weighted by Gasteiger charge is 2.37. The summed E-state index contributed by atoms with van der Waals surface area (Å²) in [5.74, 6) is -0.459. The number of benzene rings is 2. The molecule has 0 saturated carbocycles. The molecule has 2 aromatic carbocycles. The molecule has 2 aromatic rings. The molecule has 0 spiro atoms. The minimum Gasteiger partial charge on any atom is -0.495 e. The third-order valence-corrected chi connectivity index (χ3v) is 5.46. The summed E-state index contributed by atoms with van der Waals surface area (Å²) in [6.07, 6.45) is -0.0358. The molecule has 0 aromatic heterocycles. The summed E-state index contributed by atoms with van der Waals surface area (Å²) in [6.45, 7) is 0. The molecule has 146 valence electrons. The summed E-state index contributed by atoms with van der Waals surface area (Å²) in [7, 11) is 3.08. The molecule has 6 nitrogen and oxygen atoms in total. The highest BCUT2D eigenvalue weighted by atomic mass is 35.5. The second-order valence-electron chi connectivity index (χ2n) is 5.97. The van der Waals surface area contributed by atoms with Crippen molar-refractivity contribution in [2.75, 3.05) is 19.5 Å². The SMILES string of the molecule is COc1ccc(Cl)cc1NC(=O)CC1SC(=Nc2ccc(F)cc2)N(C)C1=O. The predicted octanol–water partition coefficient (Wildman–Crippen LogP) is 4.08. The molecule has 1 aliphatic heterocycles. The number of methoxy groups -OCH3 is 1. The summed E-state index contributed by atoms with van der Waals surface area (Å²) in [4.78, 5) is 30.6. The maximum Gasteiger partial charge on any atom is 0.242 e. The largest absolute Gasteiger partial charge is 0.495 e. The van der Waals surface area contributed by atoms with Gasteiger partial charge in [-0.05, 0) is 42.5 Å². The number of ether oxygens (including phenoxy) is 1. The van der Waals surface area contributed by atoms with E-state index in [0.717, 1.165) is 0 Å². The smallest absolute Gasteiger partial charge is 0.242 e. The van der Waals surface area contributed by atoms with E-state index in [-0.39, 0.29) is 24.1 Å². The van der Waals surface area contributed by atoms with Crippen molar-refractivity contribution in [2.45, 2.75) is 11.7 Å². The number of anilines is 1. The van der Waals surface area contributed by atoms with Gasteiger partial charge in [0.05, 0.1) is 18.5 Å². The van der Waals surface area contributed by atoms with E-state index < -0.39 is 5.25 Å². The fraction of sp³-hybridized carbons (Fsp3) is 0.211. The Bertz CT molecular complexity index is 937. The van der Waals surface area contributed by atoms with Crippen LogP contribution in [0.1, 0.15) is 6.42 Å². The van der Waals surface area contributed by atoms with Crippen LogP contribution in [0.2, 0.25) is 5.02 Å². The van der Waals surface area contributed by atoms with Gasteiger partial charge in [-0.15, -0.1) is 0 Å². The number of nitrogens with one attached hydrogen (secondary N) is 1. The first kappa shape index (κ1) is 20.2. The van der Waals surface area contributed by atoms with Gasteiger partial charge in [0.1, 0.15) is 16.8 Å². The van der Waals surface area contributed by atoms with Crippen LogP contribution in [-0.2, 0) is 9.59 Å². The van der Waals surface area contributed by atoms with Crippen LogP contribution in [0.15, 0.2) is 47.5 Å². The number of aliphatic imine (C=N–C) groups is 1. The van der Waals surface area contributed by atoms with Gasteiger partial charge < -0.3 is 10.1 Å². The number of nitrogens with zero attached hydrogens (tertiary/aromatic N) is 2. The van der Waals surface area contributed by atoms with Crippen LogP contribution in [0.5, 0.6) is 5.75 Å². The zero-order valence-corrected chi connectivity index (χ0v) is 16.7. The number of thioether (sulfide) groups is 1. The highest BCUT2D eigenvalue weighted by molar-refractivity contribution is 8.15. The lowest BCUT2D eigenvalue weighted by Crippen LogP contribution is -2.30. The number of hydrogen-bond acceptors (Lipinski definition) is 5. The van der Waals surface area contributed by atoms with Crippen LogP contribution < -0.4 is 10.1 Å². The third-order valence-electron chi connectivity index (χ3n) is 4.00. The van der Waals surface area contributed by atoms with Crippen LogP contribution in [-0.4, -0.2) is 41.3 Å². The molecule has 1 aliphatic rings. The lowest BCUT2D eigenvalue weighted by atomic mass is 10.2. The predicted molar refractivity (Wildman–Crippen MR) is 109 cm³/mol. The summed E-state index contributed by atoms with van der Waals surface area (Å²) in [5.41, 5.74) is 0.960. The van der Waals surface area contributed by atoms with Gasteiger partial charge in [0, 0.05) is 18.5 Å². The van der Waals surface area contributed by atoms with Crippen molar-refractivity contribution < 1.29 is 18.7 Å². The van der Waals surface area contributed by atoms with E-state index in [0.29, 0.717) is 27.3 Å². The van der Waals surface area contributed by atoms with Crippen LogP contribution in [0.25, 0.3) is 0 Å². The molecule has 1 heterocycles. The van der Waals surface area contributed by atoms with Gasteiger partial charge in [-0.25, -0.2) is 9.38 Å². The van der Waals surface area contributed by atoms with Crippen molar-refractivity contribution in [3.63, 3.8) is 0 Å². The summed E-state index contributed by atoms with van der Waals surface area (Å²) in [6, 6.07) is 10.5. The summed E-state index contributed by atoms with van der Waals surface area (Å²) < 4.78 is 18.2. The Hall–Kier alpha value is -2.58. The topological polar surface area (TPSA) is 71.0 Å². The maximum atomic E-state index is 13.0. The molecule has 0 aliphatic carbocycles. The molecule has 1 saturated heterocycles. The number of halogens is 2. The molecule has 1 unspecified atom stereocenters. The van der Waals surface area contributed by atoms with Gasteiger partial charge in [0.2, 0.25) is 11.8 Å². The molecule has 1 atom stereocenters. The molecule has 9 heteroatoms. The Morgan fingerprint density at radius 2 is 2.04 bits per heavy atom. The van der Waals surface area contributed by atoms with Gasteiger partial charge >= 0.3 is 0 Å². The Morgan fingerprint density at radius 1 is 1.32 bits per heavy atom. The molecule has 0 radical (unpaired) electrons. The van der Waals surface area contributed by atoms with Crippen LogP contribution in [0, 0.1) is 5.82 Å². The average molecular weight is 422 g/mol. The monoisotopic (exact) mass is 421 g/mol. The summed E-state index contributed by atoms with van der Waals surface area (Å²) >= 11 is 7.16. The van der Waals surface area contributed by atoms with Crippen molar-refractivity contribution in [3.8, 4) is 5.75 Å². The number of amidine groups is 1. The zero-order chi connectivity index (χ0) is 20.3. The fourth-order valence-electron chi connectivity index (χ4n) is 2.57. The average Bonchev–Trinajstić information content (AvgIpc) is 2.91. The first-order valence-corrected chi connectivity index (χ1v) is 9.55. The number of rotatable bonds is 5. The normalized spacial score (nSPS) is 17.9. The fourth-order valence-corrected chi connectivity index (χ4v) is 3.90. The molecule has 3 rings (SSSR count). The Kier molecular flexibility index (Phi) is 6.21. The number of carbonyl (C=O) groups is 2. The zero-order valence-electron chi connectivity index (χ0n) is 15.1. The van der Waals surface area contributed by atoms with E-state index in [1.165, 1.54) is 48.0 Å². The molecular weight excluding hydrogens is 405 g/mol. The standard InChI is InChI=1S/C19H17ClFN3O3S/c1-24-18(26)16(28-19(24)22-13-6-4-12(21)5-7-13)10-17(25)23-14-9-11(20)3-8-15(14)27-2/h3-9,16H,10H2,1-2H3,(H,23,25). The van der Waals surface area contributed by atoms with Crippen LogP contribution in [0.4, 0.5) is 15.8 Å². The molecular formula is C19H17ClFN3O3S. The Balaban J connectivity index is 1.69. The van der Waals surface area contributed by atoms with Crippen molar-refractivity contribution in [3.05, 3.63) is 53.3 Å². The Morgan fingerprint density at radius 3 is 2.71 bits per heavy atom. The Labute approximate surface area is 170 Å². The number of amides is 2. The van der Waals surface area contributed by atoms with E-state index >= 15 is 0 Å². The second-order valence-corrected chi connectivity index (χ2v) is 7.58. The van der Waals surface area contributed by atoms with Gasteiger partial charge in [-0.3, -0.25) is 14.5 Å². The quantitative estimate of drug-likeness (QED) is 0.789. The minimum atomic E-state index is -0.602. The van der Waals surface area contributed by atoms with Crippen molar-refractivity contribution >= 4 is 51.7 Å². The highest BCUT2D eigenvalue weighted by Crippen LogP contribution is 2.32. The molecule has 1 fully saturated rings. The van der Waals surface area contributed by atoms with E-state index in [9.17, 15) is 14.0 Å². The van der Waals surface area contributed by atoms with Crippen molar-refractivity contribution in [1.29, 1.82) is 0 Å². The molecule has 0 bridgehead atoms.